The number of aromatic nitrogens is 2. The van der Waals surface area contributed by atoms with Gasteiger partial charge in [0.05, 0.1) is 9.77 Å². The van der Waals surface area contributed by atoms with Gasteiger partial charge in [0.2, 0.25) is 0 Å². The van der Waals surface area contributed by atoms with Crippen LogP contribution in [0.1, 0.15) is 12.8 Å². The number of rotatable bonds is 5. The van der Waals surface area contributed by atoms with Crippen molar-refractivity contribution in [3.63, 3.8) is 0 Å². The van der Waals surface area contributed by atoms with Crippen LogP contribution in [0.3, 0.4) is 0 Å². The van der Waals surface area contributed by atoms with Crippen LogP contribution in [-0.2, 0) is 6.54 Å². The normalized spacial score (nSPS) is 10.1. The summed E-state index contributed by atoms with van der Waals surface area (Å²) in [5.41, 5.74) is 0. The van der Waals surface area contributed by atoms with Gasteiger partial charge in [-0.15, -0.1) is 0 Å². The summed E-state index contributed by atoms with van der Waals surface area (Å²) in [5, 5.41) is 14.7. The first kappa shape index (κ1) is 11.3. The lowest BCUT2D eigenvalue weighted by Gasteiger charge is -2.01. The number of carboxylic acid groups (broad SMARTS) is 1. The van der Waals surface area contributed by atoms with Crippen LogP contribution < -0.4 is 5.32 Å². The van der Waals surface area contributed by atoms with E-state index >= 15 is 0 Å². The molecular weight excluding hydrogens is 297 g/mol. The molecule has 0 saturated heterocycles. The molecule has 0 unspecified atom stereocenters. The Morgan fingerprint density at radius 3 is 3.00 bits per heavy atom. The molecule has 1 amide bonds. The van der Waals surface area contributed by atoms with E-state index in [1.807, 2.05) is 10.9 Å². The standard InChI is InChI=1S/C8H12IN3O2/c9-7-5-11-12(6-7)4-2-1-3-10-8(13)14/h5-6,10H,1-4H2,(H,13,14). The molecule has 0 atom stereocenters. The Balaban J connectivity index is 2.07. The molecule has 14 heavy (non-hydrogen) atoms. The highest BCUT2D eigenvalue weighted by Crippen LogP contribution is 2.02. The van der Waals surface area contributed by atoms with Crippen LogP contribution in [0.25, 0.3) is 0 Å². The van der Waals surface area contributed by atoms with Gasteiger partial charge in [0.25, 0.3) is 0 Å². The number of nitrogens with one attached hydrogen (secondary N) is 1. The monoisotopic (exact) mass is 309 g/mol. The van der Waals surface area contributed by atoms with Gasteiger partial charge in [0.15, 0.2) is 0 Å². The summed E-state index contributed by atoms with van der Waals surface area (Å²) in [5.74, 6) is 0. The molecule has 0 aliphatic rings. The third-order valence-electron chi connectivity index (χ3n) is 1.69. The molecule has 0 fully saturated rings. The molecule has 78 valence electrons. The number of aryl methyl sites for hydroxylation is 1. The van der Waals surface area contributed by atoms with Crippen molar-refractivity contribution in [3.8, 4) is 0 Å². The van der Waals surface area contributed by atoms with Crippen molar-refractivity contribution in [3.05, 3.63) is 16.0 Å². The smallest absolute Gasteiger partial charge is 0.404 e. The zero-order chi connectivity index (χ0) is 10.4. The molecule has 1 aromatic heterocycles. The van der Waals surface area contributed by atoms with Crippen molar-refractivity contribution >= 4 is 28.7 Å². The minimum Gasteiger partial charge on any atom is -0.465 e. The minimum atomic E-state index is -0.960. The van der Waals surface area contributed by atoms with Crippen molar-refractivity contribution < 1.29 is 9.90 Å². The van der Waals surface area contributed by atoms with Crippen LogP contribution in [0.4, 0.5) is 4.79 Å². The van der Waals surface area contributed by atoms with E-state index < -0.39 is 6.09 Å². The lowest BCUT2D eigenvalue weighted by molar-refractivity contribution is 0.194. The highest BCUT2D eigenvalue weighted by atomic mass is 127. The zero-order valence-corrected chi connectivity index (χ0v) is 9.77. The van der Waals surface area contributed by atoms with Gasteiger partial charge in [0, 0.05) is 19.3 Å². The van der Waals surface area contributed by atoms with Crippen molar-refractivity contribution in [2.24, 2.45) is 0 Å². The van der Waals surface area contributed by atoms with Crippen molar-refractivity contribution in [1.29, 1.82) is 0 Å². The Morgan fingerprint density at radius 2 is 2.43 bits per heavy atom. The van der Waals surface area contributed by atoms with E-state index in [-0.39, 0.29) is 0 Å². The molecule has 0 bridgehead atoms. The van der Waals surface area contributed by atoms with Crippen LogP contribution in [0.2, 0.25) is 0 Å². The maximum absolute atomic E-state index is 10.1. The van der Waals surface area contributed by atoms with Crippen LogP contribution >= 0.6 is 22.6 Å². The third-order valence-corrected chi connectivity index (χ3v) is 2.25. The second kappa shape index (κ2) is 5.84. The summed E-state index contributed by atoms with van der Waals surface area (Å²) in [4.78, 5) is 10.1. The van der Waals surface area contributed by atoms with Gasteiger partial charge < -0.3 is 10.4 Å². The Bertz CT molecular complexity index is 301. The van der Waals surface area contributed by atoms with E-state index in [1.54, 1.807) is 6.20 Å². The number of carbonyl (C=O) groups is 1. The first-order valence-electron chi connectivity index (χ1n) is 4.33. The molecule has 1 heterocycles. The summed E-state index contributed by atoms with van der Waals surface area (Å²) >= 11 is 2.20. The predicted octanol–water partition coefficient (Wildman–Crippen LogP) is 1.54. The summed E-state index contributed by atoms with van der Waals surface area (Å²) in [6.45, 7) is 1.35. The number of amides is 1. The molecule has 0 aliphatic heterocycles. The lowest BCUT2D eigenvalue weighted by Crippen LogP contribution is -2.22. The van der Waals surface area contributed by atoms with Gasteiger partial charge in [0.1, 0.15) is 0 Å². The quantitative estimate of drug-likeness (QED) is 0.640. The minimum absolute atomic E-state index is 0.508. The maximum Gasteiger partial charge on any atom is 0.404 e. The average molecular weight is 309 g/mol. The van der Waals surface area contributed by atoms with Gasteiger partial charge in [-0.1, -0.05) is 0 Å². The van der Waals surface area contributed by atoms with Crippen LogP contribution in [-0.4, -0.2) is 27.5 Å². The van der Waals surface area contributed by atoms with Gasteiger partial charge in [-0.2, -0.15) is 5.10 Å². The van der Waals surface area contributed by atoms with Crippen molar-refractivity contribution in [1.82, 2.24) is 15.1 Å². The van der Waals surface area contributed by atoms with Gasteiger partial charge in [-0.05, 0) is 35.4 Å². The number of nitrogens with zero attached hydrogens (tertiary/aromatic N) is 2. The largest absolute Gasteiger partial charge is 0.465 e. The Labute approximate surface area is 95.6 Å². The topological polar surface area (TPSA) is 67.2 Å². The van der Waals surface area contributed by atoms with E-state index in [2.05, 4.69) is 33.0 Å². The Morgan fingerprint density at radius 1 is 1.64 bits per heavy atom. The number of hydrogen-bond acceptors (Lipinski definition) is 2. The van der Waals surface area contributed by atoms with Gasteiger partial charge in [-0.25, -0.2) is 4.79 Å². The van der Waals surface area contributed by atoms with Crippen molar-refractivity contribution in [2.75, 3.05) is 6.54 Å². The highest BCUT2D eigenvalue weighted by Gasteiger charge is 1.96. The molecule has 6 heteroatoms. The fraction of sp³-hybridized carbons (Fsp3) is 0.500. The number of halogens is 1. The van der Waals surface area contributed by atoms with Crippen molar-refractivity contribution in [2.45, 2.75) is 19.4 Å². The highest BCUT2D eigenvalue weighted by molar-refractivity contribution is 14.1. The van der Waals surface area contributed by atoms with Crippen LogP contribution in [0, 0.1) is 3.57 Å². The SMILES string of the molecule is O=C(O)NCCCCn1cc(I)cn1. The molecule has 0 saturated carbocycles. The Kier molecular flexibility index (Phi) is 4.71. The van der Waals surface area contributed by atoms with Gasteiger partial charge >= 0.3 is 6.09 Å². The number of unbranched alkanes of at least 4 members (excludes halogenated alkanes) is 1. The summed E-state index contributed by atoms with van der Waals surface area (Å²) in [7, 11) is 0. The van der Waals surface area contributed by atoms with Crippen LogP contribution in [0.5, 0.6) is 0 Å². The molecule has 1 aromatic rings. The van der Waals surface area contributed by atoms with E-state index in [4.69, 9.17) is 5.11 Å². The van der Waals surface area contributed by atoms with Crippen LogP contribution in [0.15, 0.2) is 12.4 Å². The third kappa shape index (κ3) is 4.45. The summed E-state index contributed by atoms with van der Waals surface area (Å²) in [6.07, 6.45) is 4.57. The number of hydrogen-bond donors (Lipinski definition) is 2. The zero-order valence-electron chi connectivity index (χ0n) is 7.61. The van der Waals surface area contributed by atoms with Gasteiger partial charge in [-0.3, -0.25) is 4.68 Å². The van der Waals surface area contributed by atoms with E-state index in [9.17, 15) is 4.79 Å². The predicted molar refractivity (Wildman–Crippen MR) is 60.2 cm³/mol. The Hall–Kier alpha value is -0.790. The average Bonchev–Trinajstić information content (AvgIpc) is 2.50. The first-order chi connectivity index (χ1) is 6.68. The van der Waals surface area contributed by atoms with E-state index in [1.165, 1.54) is 0 Å². The second-order valence-electron chi connectivity index (χ2n) is 2.86. The molecular formula is C8H12IN3O2. The second-order valence-corrected chi connectivity index (χ2v) is 4.11. The summed E-state index contributed by atoms with van der Waals surface area (Å²) < 4.78 is 2.98. The fourth-order valence-electron chi connectivity index (χ4n) is 1.05. The molecule has 0 aromatic carbocycles. The van der Waals surface area contributed by atoms with E-state index in [0.29, 0.717) is 6.54 Å². The molecule has 0 spiro atoms. The molecule has 0 radical (unpaired) electrons. The first-order valence-corrected chi connectivity index (χ1v) is 5.41. The fourth-order valence-corrected chi connectivity index (χ4v) is 1.50. The molecule has 0 aliphatic carbocycles. The van der Waals surface area contributed by atoms with E-state index in [0.717, 1.165) is 23.0 Å². The molecule has 1 rings (SSSR count). The summed E-state index contributed by atoms with van der Waals surface area (Å²) in [6, 6.07) is 0. The lowest BCUT2D eigenvalue weighted by atomic mass is 10.3. The molecule has 5 nitrogen and oxygen atoms in total. The maximum atomic E-state index is 10.1. The molecule has 2 N–H and O–H groups in total.